The smallest absolute Gasteiger partial charge is 0.232 e. The Labute approximate surface area is 119 Å². The molecule has 0 bridgehead atoms. The molecule has 0 radical (unpaired) electrons. The number of benzene rings is 1. The van der Waals surface area contributed by atoms with Gasteiger partial charge in [-0.05, 0) is 31.5 Å². The summed E-state index contributed by atoms with van der Waals surface area (Å²) in [6, 6.07) is 3.74. The minimum atomic E-state index is -3.54. The Hall–Kier alpha value is -1.41. The van der Waals surface area contributed by atoms with Crippen LogP contribution < -0.4 is 4.72 Å². The Balaban J connectivity index is 3.32. The number of hydrogen-bond acceptors (Lipinski definition) is 5. The van der Waals surface area contributed by atoms with E-state index in [1.54, 1.807) is 6.92 Å². The normalized spacial score (nSPS) is 12.2. The first kappa shape index (κ1) is 16.6. The molecule has 1 aromatic rings. The monoisotopic (exact) mass is 319 g/mol. The van der Waals surface area contributed by atoms with Gasteiger partial charge < -0.3 is 0 Å². The highest BCUT2D eigenvalue weighted by Gasteiger charge is 2.17. The zero-order valence-electron chi connectivity index (χ0n) is 11.5. The van der Waals surface area contributed by atoms with E-state index in [9.17, 15) is 21.6 Å². The van der Waals surface area contributed by atoms with Crippen LogP contribution in [0.3, 0.4) is 0 Å². The first-order valence-corrected chi connectivity index (χ1v) is 9.46. The maximum atomic E-state index is 11.7. The average molecular weight is 319 g/mol. The molecule has 112 valence electrons. The topological polar surface area (TPSA) is 97.4 Å². The molecule has 0 aromatic heterocycles. The fourth-order valence-electron chi connectivity index (χ4n) is 1.62. The summed E-state index contributed by atoms with van der Waals surface area (Å²) in [4.78, 5) is 11.5. The SMILES string of the molecule is CCCS(=O)(=O)Nc1ccc(S(C)(=O)=O)cc1C(C)=O. The van der Waals surface area contributed by atoms with E-state index in [1.807, 2.05) is 0 Å². The summed E-state index contributed by atoms with van der Waals surface area (Å²) in [7, 11) is -7.00. The summed E-state index contributed by atoms with van der Waals surface area (Å²) >= 11 is 0. The summed E-state index contributed by atoms with van der Waals surface area (Å²) in [5.41, 5.74) is 0.131. The Bertz CT molecular complexity index is 720. The maximum absolute atomic E-state index is 11.7. The van der Waals surface area contributed by atoms with Crippen LogP contribution in [-0.4, -0.2) is 34.6 Å². The van der Waals surface area contributed by atoms with Crippen molar-refractivity contribution in [3.05, 3.63) is 23.8 Å². The third kappa shape index (κ3) is 4.31. The van der Waals surface area contributed by atoms with Gasteiger partial charge >= 0.3 is 0 Å². The van der Waals surface area contributed by atoms with Crippen LogP contribution in [0.4, 0.5) is 5.69 Å². The predicted molar refractivity (Wildman–Crippen MR) is 77.3 cm³/mol. The Kier molecular flexibility index (Phi) is 4.93. The van der Waals surface area contributed by atoms with E-state index in [0.717, 1.165) is 6.26 Å². The molecular formula is C12H17NO5S2. The number of sulfonamides is 1. The molecule has 20 heavy (non-hydrogen) atoms. The predicted octanol–water partition coefficient (Wildman–Crippen LogP) is 1.44. The third-order valence-corrected chi connectivity index (χ3v) is 5.12. The summed E-state index contributed by atoms with van der Waals surface area (Å²) in [6.45, 7) is 2.97. The lowest BCUT2D eigenvalue weighted by atomic mass is 10.1. The Morgan fingerprint density at radius 2 is 1.80 bits per heavy atom. The zero-order chi connectivity index (χ0) is 15.6. The number of Topliss-reactive ketones (excluding diaryl/α,β-unsaturated/α-hetero) is 1. The fourth-order valence-corrected chi connectivity index (χ4v) is 3.42. The largest absolute Gasteiger partial charge is 0.294 e. The van der Waals surface area contributed by atoms with E-state index in [1.165, 1.54) is 25.1 Å². The van der Waals surface area contributed by atoms with Gasteiger partial charge in [0.1, 0.15) is 0 Å². The van der Waals surface area contributed by atoms with Crippen LogP contribution in [0.5, 0.6) is 0 Å². The minimum absolute atomic E-state index is 0.0267. The number of ketones is 1. The number of hydrogen-bond donors (Lipinski definition) is 1. The second kappa shape index (κ2) is 5.92. The van der Waals surface area contributed by atoms with Crippen molar-refractivity contribution in [1.82, 2.24) is 0 Å². The van der Waals surface area contributed by atoms with Gasteiger partial charge in [0.2, 0.25) is 10.0 Å². The Morgan fingerprint density at radius 1 is 1.20 bits per heavy atom. The molecule has 0 amide bonds. The van der Waals surface area contributed by atoms with Gasteiger partial charge in [-0.15, -0.1) is 0 Å². The van der Waals surface area contributed by atoms with Crippen LogP contribution in [0, 0.1) is 0 Å². The molecule has 8 heteroatoms. The number of rotatable bonds is 6. The van der Waals surface area contributed by atoms with Gasteiger partial charge in [0, 0.05) is 11.8 Å². The number of carbonyl (C=O) groups is 1. The molecule has 0 unspecified atom stereocenters. The molecule has 0 atom stereocenters. The van der Waals surface area contributed by atoms with Crippen molar-refractivity contribution in [3.63, 3.8) is 0 Å². The van der Waals surface area contributed by atoms with Crippen molar-refractivity contribution < 1.29 is 21.6 Å². The Morgan fingerprint density at radius 3 is 2.25 bits per heavy atom. The third-order valence-electron chi connectivity index (χ3n) is 2.54. The van der Waals surface area contributed by atoms with E-state index < -0.39 is 25.6 Å². The van der Waals surface area contributed by atoms with Gasteiger partial charge in [-0.1, -0.05) is 6.92 Å². The molecule has 0 saturated heterocycles. The number of anilines is 1. The zero-order valence-corrected chi connectivity index (χ0v) is 13.1. The number of nitrogens with one attached hydrogen (secondary N) is 1. The molecule has 0 heterocycles. The van der Waals surface area contributed by atoms with Crippen molar-refractivity contribution in [1.29, 1.82) is 0 Å². The van der Waals surface area contributed by atoms with E-state index in [-0.39, 0.29) is 21.9 Å². The van der Waals surface area contributed by atoms with Gasteiger partial charge in [-0.25, -0.2) is 16.8 Å². The molecule has 0 aliphatic carbocycles. The molecule has 0 saturated carbocycles. The summed E-state index contributed by atoms with van der Waals surface area (Å²) < 4.78 is 48.6. The maximum Gasteiger partial charge on any atom is 0.232 e. The molecule has 1 rings (SSSR count). The van der Waals surface area contributed by atoms with E-state index in [2.05, 4.69) is 4.72 Å². The lowest BCUT2D eigenvalue weighted by Crippen LogP contribution is -2.18. The number of carbonyl (C=O) groups excluding carboxylic acids is 1. The molecule has 0 fully saturated rings. The second-order valence-corrected chi connectivity index (χ2v) is 8.31. The molecule has 6 nitrogen and oxygen atoms in total. The average Bonchev–Trinajstić information content (AvgIpc) is 2.26. The fraction of sp³-hybridized carbons (Fsp3) is 0.417. The van der Waals surface area contributed by atoms with Crippen LogP contribution in [0.2, 0.25) is 0 Å². The highest BCUT2D eigenvalue weighted by molar-refractivity contribution is 7.92. The van der Waals surface area contributed by atoms with Crippen LogP contribution in [0.1, 0.15) is 30.6 Å². The van der Waals surface area contributed by atoms with Gasteiger partial charge in [0.25, 0.3) is 0 Å². The van der Waals surface area contributed by atoms with Gasteiger partial charge in [0.05, 0.1) is 16.3 Å². The highest BCUT2D eigenvalue weighted by atomic mass is 32.2. The van der Waals surface area contributed by atoms with E-state index >= 15 is 0 Å². The molecule has 0 aliphatic rings. The summed E-state index contributed by atoms with van der Waals surface area (Å²) in [5.74, 6) is -0.484. The highest BCUT2D eigenvalue weighted by Crippen LogP contribution is 2.22. The van der Waals surface area contributed by atoms with Crippen molar-refractivity contribution in [2.24, 2.45) is 0 Å². The minimum Gasteiger partial charge on any atom is -0.294 e. The number of sulfone groups is 1. The van der Waals surface area contributed by atoms with Crippen molar-refractivity contribution in [2.75, 3.05) is 16.7 Å². The first-order valence-electron chi connectivity index (χ1n) is 5.92. The van der Waals surface area contributed by atoms with Crippen LogP contribution in [-0.2, 0) is 19.9 Å². The van der Waals surface area contributed by atoms with Crippen molar-refractivity contribution >= 4 is 31.3 Å². The second-order valence-electron chi connectivity index (χ2n) is 4.46. The van der Waals surface area contributed by atoms with Crippen LogP contribution >= 0.6 is 0 Å². The van der Waals surface area contributed by atoms with Crippen LogP contribution in [0.25, 0.3) is 0 Å². The molecule has 0 aliphatic heterocycles. The van der Waals surface area contributed by atoms with Gasteiger partial charge in [-0.3, -0.25) is 9.52 Å². The molecule has 1 N–H and O–H groups in total. The lowest BCUT2D eigenvalue weighted by Gasteiger charge is -2.11. The standard InChI is InChI=1S/C12H17NO5S2/c1-4-7-20(17,18)13-12-6-5-10(19(3,15)16)8-11(12)9(2)14/h5-6,8,13H,4,7H2,1-3H3. The molecule has 1 aromatic carbocycles. The molecular weight excluding hydrogens is 302 g/mol. The first-order chi connectivity index (χ1) is 9.07. The van der Waals surface area contributed by atoms with Gasteiger partial charge in [0.15, 0.2) is 15.6 Å². The lowest BCUT2D eigenvalue weighted by molar-refractivity contribution is 0.101. The van der Waals surface area contributed by atoms with Crippen molar-refractivity contribution in [2.45, 2.75) is 25.2 Å². The molecule has 0 spiro atoms. The summed E-state index contributed by atoms with van der Waals surface area (Å²) in [5, 5.41) is 0. The van der Waals surface area contributed by atoms with E-state index in [4.69, 9.17) is 0 Å². The quantitative estimate of drug-likeness (QED) is 0.800. The van der Waals surface area contributed by atoms with Crippen LogP contribution in [0.15, 0.2) is 23.1 Å². The van der Waals surface area contributed by atoms with E-state index in [0.29, 0.717) is 6.42 Å². The van der Waals surface area contributed by atoms with Gasteiger partial charge in [-0.2, -0.15) is 0 Å². The van der Waals surface area contributed by atoms with Crippen molar-refractivity contribution in [3.8, 4) is 0 Å². The summed E-state index contributed by atoms with van der Waals surface area (Å²) in [6.07, 6.45) is 1.46.